The zero-order valence-corrected chi connectivity index (χ0v) is 11.7. The van der Waals surface area contributed by atoms with E-state index in [1.165, 1.54) is 17.4 Å². The summed E-state index contributed by atoms with van der Waals surface area (Å²) in [5.41, 5.74) is 1.82. The van der Waals surface area contributed by atoms with E-state index in [2.05, 4.69) is 4.98 Å². The summed E-state index contributed by atoms with van der Waals surface area (Å²) in [6.45, 7) is 1.80. The predicted octanol–water partition coefficient (Wildman–Crippen LogP) is 4.17. The molecule has 1 heterocycles. The second kappa shape index (κ2) is 5.13. The van der Waals surface area contributed by atoms with Gasteiger partial charge in [0, 0.05) is 0 Å². The molecule has 4 heteroatoms. The number of para-hydroxylation sites is 1. The smallest absolute Gasteiger partial charge is 0.172 e. The Balaban J connectivity index is 1.88. The van der Waals surface area contributed by atoms with Crippen LogP contribution in [0.3, 0.4) is 0 Å². The van der Waals surface area contributed by atoms with Gasteiger partial charge in [0.2, 0.25) is 0 Å². The van der Waals surface area contributed by atoms with E-state index >= 15 is 0 Å². The molecule has 0 unspecified atom stereocenters. The Labute approximate surface area is 119 Å². The third-order valence-electron chi connectivity index (χ3n) is 3.07. The summed E-state index contributed by atoms with van der Waals surface area (Å²) in [7, 11) is 0. The molecule has 2 nitrogen and oxygen atoms in total. The molecule has 0 aliphatic heterocycles. The Bertz CT molecular complexity index is 761. The van der Waals surface area contributed by atoms with Gasteiger partial charge in [-0.25, -0.2) is 9.37 Å². The molecule has 0 aliphatic rings. The fourth-order valence-corrected chi connectivity index (χ4v) is 3.04. The van der Waals surface area contributed by atoms with Crippen LogP contribution in [0.5, 0.6) is 0 Å². The molecule has 1 aromatic heterocycles. The van der Waals surface area contributed by atoms with E-state index in [0.717, 1.165) is 20.8 Å². The van der Waals surface area contributed by atoms with Crippen LogP contribution in [-0.2, 0) is 6.42 Å². The SMILES string of the molecule is Cc1ccc(C(=O)Cc2nc3ccccc3s2)c(F)c1. The largest absolute Gasteiger partial charge is 0.294 e. The fraction of sp³-hybridized carbons (Fsp3) is 0.125. The Hall–Kier alpha value is -2.07. The number of hydrogen-bond donors (Lipinski definition) is 0. The number of aryl methyl sites for hydroxylation is 1. The van der Waals surface area contributed by atoms with Crippen LogP contribution in [0.15, 0.2) is 42.5 Å². The van der Waals surface area contributed by atoms with Crippen molar-refractivity contribution in [2.45, 2.75) is 13.3 Å². The van der Waals surface area contributed by atoms with Crippen molar-refractivity contribution >= 4 is 27.3 Å². The van der Waals surface area contributed by atoms with Crippen LogP contribution in [0.2, 0.25) is 0 Å². The minimum atomic E-state index is -0.462. The van der Waals surface area contributed by atoms with Gasteiger partial charge in [-0.1, -0.05) is 18.2 Å². The first-order valence-corrected chi connectivity index (χ1v) is 7.09. The van der Waals surface area contributed by atoms with E-state index in [1.807, 2.05) is 24.3 Å². The van der Waals surface area contributed by atoms with Crippen molar-refractivity contribution in [1.29, 1.82) is 0 Å². The van der Waals surface area contributed by atoms with Gasteiger partial charge in [0.15, 0.2) is 5.78 Å². The lowest BCUT2D eigenvalue weighted by molar-refractivity contribution is 0.0989. The Morgan fingerprint density at radius 3 is 2.80 bits per heavy atom. The highest BCUT2D eigenvalue weighted by Crippen LogP contribution is 2.23. The molecule has 0 aliphatic carbocycles. The van der Waals surface area contributed by atoms with Gasteiger partial charge >= 0.3 is 0 Å². The van der Waals surface area contributed by atoms with Gasteiger partial charge in [-0.2, -0.15) is 0 Å². The van der Waals surface area contributed by atoms with Crippen LogP contribution < -0.4 is 0 Å². The molecule has 0 radical (unpaired) electrons. The third-order valence-corrected chi connectivity index (χ3v) is 4.11. The normalized spacial score (nSPS) is 10.9. The van der Waals surface area contributed by atoms with Gasteiger partial charge in [0.1, 0.15) is 10.8 Å². The molecule has 0 atom stereocenters. The molecular weight excluding hydrogens is 273 g/mol. The standard InChI is InChI=1S/C16H12FNOS/c1-10-6-7-11(12(17)8-10)14(19)9-16-18-13-4-2-3-5-15(13)20-16/h2-8H,9H2,1H3. The highest BCUT2D eigenvalue weighted by molar-refractivity contribution is 7.18. The van der Waals surface area contributed by atoms with Crippen LogP contribution in [0.1, 0.15) is 20.9 Å². The summed E-state index contributed by atoms with van der Waals surface area (Å²) in [6.07, 6.45) is 0.138. The zero-order chi connectivity index (χ0) is 14.1. The van der Waals surface area contributed by atoms with Crippen molar-refractivity contribution in [1.82, 2.24) is 4.98 Å². The molecular formula is C16H12FNOS. The Morgan fingerprint density at radius 1 is 1.25 bits per heavy atom. The van der Waals surface area contributed by atoms with Gasteiger partial charge in [0.05, 0.1) is 22.2 Å². The minimum Gasteiger partial charge on any atom is -0.294 e. The number of benzene rings is 2. The van der Waals surface area contributed by atoms with E-state index in [1.54, 1.807) is 19.1 Å². The summed E-state index contributed by atoms with van der Waals surface area (Å²) in [6, 6.07) is 12.4. The quantitative estimate of drug-likeness (QED) is 0.676. The molecule has 20 heavy (non-hydrogen) atoms. The van der Waals surface area contributed by atoms with Gasteiger partial charge in [-0.15, -0.1) is 11.3 Å². The molecule has 0 bridgehead atoms. The fourth-order valence-electron chi connectivity index (χ4n) is 2.07. The van der Waals surface area contributed by atoms with Crippen molar-refractivity contribution in [2.75, 3.05) is 0 Å². The van der Waals surface area contributed by atoms with Gasteiger partial charge in [0.25, 0.3) is 0 Å². The first-order valence-electron chi connectivity index (χ1n) is 6.27. The van der Waals surface area contributed by atoms with Crippen LogP contribution >= 0.6 is 11.3 Å². The van der Waals surface area contributed by atoms with Crippen molar-refractivity contribution in [3.63, 3.8) is 0 Å². The van der Waals surface area contributed by atoms with Gasteiger partial charge < -0.3 is 0 Å². The first-order chi connectivity index (χ1) is 9.63. The summed E-state index contributed by atoms with van der Waals surface area (Å²) in [5, 5.41) is 0.719. The van der Waals surface area contributed by atoms with E-state index in [-0.39, 0.29) is 17.8 Å². The highest BCUT2D eigenvalue weighted by Gasteiger charge is 2.14. The lowest BCUT2D eigenvalue weighted by Crippen LogP contribution is -2.06. The van der Waals surface area contributed by atoms with Crippen LogP contribution in [0.25, 0.3) is 10.2 Å². The molecule has 0 saturated carbocycles. The maximum absolute atomic E-state index is 13.8. The molecule has 0 fully saturated rings. The first kappa shape index (κ1) is 12.9. The van der Waals surface area contributed by atoms with E-state index in [4.69, 9.17) is 0 Å². The van der Waals surface area contributed by atoms with Crippen LogP contribution in [-0.4, -0.2) is 10.8 Å². The van der Waals surface area contributed by atoms with E-state index in [0.29, 0.717) is 0 Å². The molecule has 0 spiro atoms. The molecule has 0 N–H and O–H groups in total. The number of carbonyl (C=O) groups excluding carboxylic acids is 1. The number of rotatable bonds is 3. The lowest BCUT2D eigenvalue weighted by atomic mass is 10.1. The lowest BCUT2D eigenvalue weighted by Gasteiger charge is -2.01. The second-order valence-corrected chi connectivity index (χ2v) is 5.77. The van der Waals surface area contributed by atoms with Crippen molar-refractivity contribution in [3.05, 3.63) is 64.4 Å². The molecule has 0 saturated heterocycles. The minimum absolute atomic E-state index is 0.134. The molecule has 2 aromatic carbocycles. The average molecular weight is 285 g/mol. The summed E-state index contributed by atoms with van der Waals surface area (Å²) in [5.74, 6) is -0.697. The Kier molecular flexibility index (Phi) is 3.32. The Morgan fingerprint density at radius 2 is 2.05 bits per heavy atom. The summed E-state index contributed by atoms with van der Waals surface area (Å²) in [4.78, 5) is 16.6. The monoisotopic (exact) mass is 285 g/mol. The van der Waals surface area contributed by atoms with E-state index < -0.39 is 5.82 Å². The van der Waals surface area contributed by atoms with Crippen molar-refractivity contribution in [3.8, 4) is 0 Å². The summed E-state index contributed by atoms with van der Waals surface area (Å²) < 4.78 is 14.8. The number of ketones is 1. The number of carbonyl (C=O) groups is 1. The number of thiazole rings is 1. The van der Waals surface area contributed by atoms with Crippen molar-refractivity contribution < 1.29 is 9.18 Å². The van der Waals surface area contributed by atoms with Crippen molar-refractivity contribution in [2.24, 2.45) is 0 Å². The number of fused-ring (bicyclic) bond motifs is 1. The van der Waals surface area contributed by atoms with Gasteiger partial charge in [-0.3, -0.25) is 4.79 Å². The maximum Gasteiger partial charge on any atom is 0.172 e. The maximum atomic E-state index is 13.8. The molecule has 0 amide bonds. The molecule has 3 aromatic rings. The average Bonchev–Trinajstić information content (AvgIpc) is 2.80. The predicted molar refractivity (Wildman–Crippen MR) is 78.8 cm³/mol. The topological polar surface area (TPSA) is 30.0 Å². The van der Waals surface area contributed by atoms with Gasteiger partial charge in [-0.05, 0) is 36.8 Å². The highest BCUT2D eigenvalue weighted by atomic mass is 32.1. The zero-order valence-electron chi connectivity index (χ0n) is 10.9. The number of hydrogen-bond acceptors (Lipinski definition) is 3. The third kappa shape index (κ3) is 2.47. The number of nitrogens with zero attached hydrogens (tertiary/aromatic N) is 1. The number of aromatic nitrogens is 1. The second-order valence-electron chi connectivity index (χ2n) is 4.66. The van der Waals surface area contributed by atoms with E-state index in [9.17, 15) is 9.18 Å². The molecule has 100 valence electrons. The number of Topliss-reactive ketones (excluding diaryl/α,β-unsaturated/α-hetero) is 1. The number of halogens is 1. The molecule has 3 rings (SSSR count). The van der Waals surface area contributed by atoms with Crippen LogP contribution in [0.4, 0.5) is 4.39 Å². The van der Waals surface area contributed by atoms with Crippen LogP contribution in [0, 0.1) is 12.7 Å². The summed E-state index contributed by atoms with van der Waals surface area (Å²) >= 11 is 1.47.